The van der Waals surface area contributed by atoms with Crippen molar-refractivity contribution in [3.05, 3.63) is 68.1 Å². The first-order valence-corrected chi connectivity index (χ1v) is 12.5. The number of carbonyl (C=O) groups excluding carboxylic acids is 2. The van der Waals surface area contributed by atoms with Crippen LogP contribution < -0.4 is 5.32 Å². The molecular weight excluding hydrogens is 519 g/mol. The largest absolute Gasteiger partial charge is 0.350 e. The topological polar surface area (TPSA) is 49.4 Å². The molecule has 31 heavy (non-hydrogen) atoms. The number of thioether (sulfide) groups is 1. The highest BCUT2D eigenvalue weighted by molar-refractivity contribution is 9.10. The van der Waals surface area contributed by atoms with Gasteiger partial charge in [-0.25, -0.2) is 0 Å². The Morgan fingerprint density at radius 1 is 1.13 bits per heavy atom. The lowest BCUT2D eigenvalue weighted by molar-refractivity contribution is -0.139. The maximum absolute atomic E-state index is 13.1. The van der Waals surface area contributed by atoms with Crippen LogP contribution in [0.3, 0.4) is 0 Å². The number of rotatable bonds is 8. The van der Waals surface area contributed by atoms with Crippen LogP contribution in [0.15, 0.2) is 46.9 Å². The van der Waals surface area contributed by atoms with Gasteiger partial charge in [-0.1, -0.05) is 57.3 Å². The van der Waals surface area contributed by atoms with Gasteiger partial charge in [-0.3, -0.25) is 9.59 Å². The van der Waals surface area contributed by atoms with Crippen molar-refractivity contribution in [2.45, 2.75) is 51.6 Å². The number of carbonyl (C=O) groups is 2. The van der Waals surface area contributed by atoms with E-state index in [-0.39, 0.29) is 23.1 Å². The zero-order valence-electron chi connectivity index (χ0n) is 18.0. The second kappa shape index (κ2) is 11.6. The summed E-state index contributed by atoms with van der Waals surface area (Å²) < 4.78 is 0.961. The molecule has 0 spiro atoms. The molecular formula is C23H27BrCl2N2O2S. The second-order valence-corrected chi connectivity index (χ2v) is 11.0. The molecule has 0 bridgehead atoms. The molecule has 0 fully saturated rings. The summed E-state index contributed by atoms with van der Waals surface area (Å²) in [6, 6.07) is 12.5. The van der Waals surface area contributed by atoms with Crippen molar-refractivity contribution in [2.75, 3.05) is 5.75 Å². The number of benzene rings is 2. The van der Waals surface area contributed by atoms with Gasteiger partial charge in [-0.15, -0.1) is 11.8 Å². The van der Waals surface area contributed by atoms with Crippen molar-refractivity contribution in [3.8, 4) is 0 Å². The fourth-order valence-corrected chi connectivity index (χ4v) is 4.55. The minimum atomic E-state index is -0.602. The Kier molecular flexibility index (Phi) is 9.74. The van der Waals surface area contributed by atoms with Crippen molar-refractivity contribution in [2.24, 2.45) is 0 Å². The van der Waals surface area contributed by atoms with E-state index in [0.717, 1.165) is 15.6 Å². The van der Waals surface area contributed by atoms with Gasteiger partial charge in [0.05, 0.1) is 5.75 Å². The Morgan fingerprint density at radius 2 is 1.77 bits per heavy atom. The van der Waals surface area contributed by atoms with Crippen LogP contribution in [0.5, 0.6) is 0 Å². The standard InChI is InChI=1S/C23H27BrCl2N2O2S/c1-15(22(30)27-23(2,3)4)28(12-16-5-8-18(24)9-6-16)21(29)14-31-13-17-7-10-19(25)11-20(17)26/h5-11,15H,12-14H2,1-4H3,(H,27,30)/t15-/m1/s1. The zero-order chi connectivity index (χ0) is 23.2. The molecule has 1 N–H and O–H groups in total. The molecule has 8 heteroatoms. The molecule has 2 amide bonds. The summed E-state index contributed by atoms with van der Waals surface area (Å²) >= 11 is 17.1. The summed E-state index contributed by atoms with van der Waals surface area (Å²) in [5.74, 6) is 0.539. The van der Waals surface area contributed by atoms with Gasteiger partial charge in [0.2, 0.25) is 11.8 Å². The van der Waals surface area contributed by atoms with Gasteiger partial charge in [-0.2, -0.15) is 0 Å². The molecule has 0 aliphatic heterocycles. The van der Waals surface area contributed by atoms with Crippen molar-refractivity contribution in [3.63, 3.8) is 0 Å². The Morgan fingerprint density at radius 3 is 2.35 bits per heavy atom. The Bertz CT molecular complexity index is 917. The highest BCUT2D eigenvalue weighted by Crippen LogP contribution is 2.25. The first kappa shape index (κ1) is 26.0. The minimum Gasteiger partial charge on any atom is -0.350 e. The lowest BCUT2D eigenvalue weighted by Crippen LogP contribution is -2.52. The quantitative estimate of drug-likeness (QED) is 0.422. The number of nitrogens with zero attached hydrogens (tertiary/aromatic N) is 1. The maximum Gasteiger partial charge on any atom is 0.242 e. The van der Waals surface area contributed by atoms with E-state index in [2.05, 4.69) is 21.2 Å². The number of nitrogens with one attached hydrogen (secondary N) is 1. The van der Waals surface area contributed by atoms with Crippen LogP contribution in [0.25, 0.3) is 0 Å². The molecule has 0 radical (unpaired) electrons. The summed E-state index contributed by atoms with van der Waals surface area (Å²) in [5.41, 5.74) is 1.50. The third kappa shape index (κ3) is 8.68. The number of hydrogen-bond acceptors (Lipinski definition) is 3. The van der Waals surface area contributed by atoms with E-state index in [0.29, 0.717) is 22.3 Å². The fraction of sp³-hybridized carbons (Fsp3) is 0.391. The molecule has 0 saturated carbocycles. The summed E-state index contributed by atoms with van der Waals surface area (Å²) in [5, 5.41) is 4.13. The van der Waals surface area contributed by atoms with Crippen LogP contribution in [0, 0.1) is 0 Å². The second-order valence-electron chi connectivity index (χ2n) is 8.29. The molecule has 0 unspecified atom stereocenters. The summed E-state index contributed by atoms with van der Waals surface area (Å²) in [6.07, 6.45) is 0. The van der Waals surface area contributed by atoms with Crippen LogP contribution in [0.2, 0.25) is 10.0 Å². The van der Waals surface area contributed by atoms with E-state index in [9.17, 15) is 9.59 Å². The molecule has 0 heterocycles. The van der Waals surface area contributed by atoms with Gasteiger partial charge in [0, 0.05) is 32.4 Å². The van der Waals surface area contributed by atoms with Crippen molar-refractivity contribution >= 4 is 62.7 Å². The van der Waals surface area contributed by atoms with E-state index in [1.807, 2.05) is 51.1 Å². The molecule has 0 aliphatic carbocycles. The molecule has 0 saturated heterocycles. The fourth-order valence-electron chi connectivity index (χ4n) is 2.81. The molecule has 168 valence electrons. The average Bonchev–Trinajstić information content (AvgIpc) is 2.67. The van der Waals surface area contributed by atoms with E-state index >= 15 is 0 Å². The monoisotopic (exact) mass is 544 g/mol. The molecule has 0 aliphatic rings. The van der Waals surface area contributed by atoms with Crippen LogP contribution in [-0.2, 0) is 21.9 Å². The minimum absolute atomic E-state index is 0.102. The predicted octanol–water partition coefficient (Wildman–Crippen LogP) is 6.32. The average molecular weight is 546 g/mol. The normalized spacial score (nSPS) is 12.4. The molecule has 2 aromatic carbocycles. The maximum atomic E-state index is 13.1. The highest BCUT2D eigenvalue weighted by Gasteiger charge is 2.28. The van der Waals surface area contributed by atoms with Crippen LogP contribution in [0.1, 0.15) is 38.8 Å². The number of amides is 2. The molecule has 0 aromatic heterocycles. The first-order valence-electron chi connectivity index (χ1n) is 9.84. The first-order chi connectivity index (χ1) is 14.5. The number of hydrogen-bond donors (Lipinski definition) is 1. The van der Waals surface area contributed by atoms with Crippen molar-refractivity contribution in [1.82, 2.24) is 10.2 Å². The Labute approximate surface area is 207 Å². The van der Waals surface area contributed by atoms with E-state index in [1.54, 1.807) is 24.0 Å². The van der Waals surface area contributed by atoms with Gasteiger partial charge in [0.1, 0.15) is 6.04 Å². The summed E-state index contributed by atoms with van der Waals surface area (Å²) in [4.78, 5) is 27.5. The number of halogens is 3. The van der Waals surface area contributed by atoms with Gasteiger partial charge in [0.25, 0.3) is 0 Å². The van der Waals surface area contributed by atoms with Gasteiger partial charge < -0.3 is 10.2 Å². The SMILES string of the molecule is C[C@H](C(=O)NC(C)(C)C)N(Cc1ccc(Br)cc1)C(=O)CSCc1ccc(Cl)cc1Cl. The Hall–Kier alpha value is -1.21. The smallest absolute Gasteiger partial charge is 0.242 e. The van der Waals surface area contributed by atoms with E-state index in [1.165, 1.54) is 11.8 Å². The molecule has 4 nitrogen and oxygen atoms in total. The lowest BCUT2D eigenvalue weighted by atomic mass is 10.1. The third-order valence-electron chi connectivity index (χ3n) is 4.43. The van der Waals surface area contributed by atoms with Gasteiger partial charge >= 0.3 is 0 Å². The summed E-state index contributed by atoms with van der Waals surface area (Å²) in [7, 11) is 0. The zero-order valence-corrected chi connectivity index (χ0v) is 22.0. The van der Waals surface area contributed by atoms with Crippen LogP contribution in [0.4, 0.5) is 0 Å². The highest BCUT2D eigenvalue weighted by atomic mass is 79.9. The van der Waals surface area contributed by atoms with Crippen LogP contribution in [-0.4, -0.2) is 34.0 Å². The predicted molar refractivity (Wildman–Crippen MR) is 135 cm³/mol. The third-order valence-corrected chi connectivity index (χ3v) is 6.51. The van der Waals surface area contributed by atoms with Crippen LogP contribution >= 0.6 is 50.9 Å². The molecule has 1 atom stereocenters. The Balaban J connectivity index is 2.10. The van der Waals surface area contributed by atoms with Gasteiger partial charge in [0.15, 0.2) is 0 Å². The van der Waals surface area contributed by atoms with Crippen molar-refractivity contribution in [1.29, 1.82) is 0 Å². The lowest BCUT2D eigenvalue weighted by Gasteiger charge is -2.31. The molecule has 2 aromatic rings. The van der Waals surface area contributed by atoms with Gasteiger partial charge in [-0.05, 0) is 63.1 Å². The summed E-state index contributed by atoms with van der Waals surface area (Å²) in [6.45, 7) is 7.88. The molecule has 2 rings (SSSR count). The van der Waals surface area contributed by atoms with Crippen molar-refractivity contribution < 1.29 is 9.59 Å². The van der Waals surface area contributed by atoms with E-state index in [4.69, 9.17) is 23.2 Å². The van der Waals surface area contributed by atoms with E-state index < -0.39 is 6.04 Å².